The second-order valence-corrected chi connectivity index (χ2v) is 6.51. The third-order valence-electron chi connectivity index (χ3n) is 4.02. The molecule has 0 atom stereocenters. The Morgan fingerprint density at radius 1 is 1.15 bits per heavy atom. The number of hydrogen-bond acceptors (Lipinski definition) is 2. The Balaban J connectivity index is 2.18. The van der Waals surface area contributed by atoms with E-state index in [1.165, 1.54) is 0 Å². The van der Waals surface area contributed by atoms with Crippen molar-refractivity contribution in [1.29, 1.82) is 0 Å². The summed E-state index contributed by atoms with van der Waals surface area (Å²) in [6, 6.07) is 9.83. The summed E-state index contributed by atoms with van der Waals surface area (Å²) in [5.41, 5.74) is 10.7. The summed E-state index contributed by atoms with van der Waals surface area (Å²) in [4.78, 5) is 12.3. The molecule has 1 heterocycles. The molecule has 0 radical (unpaired) electrons. The number of ketones is 1. The Kier molecular flexibility index (Phi) is 2.75. The van der Waals surface area contributed by atoms with Crippen LogP contribution in [0.2, 0.25) is 0 Å². The van der Waals surface area contributed by atoms with Crippen LogP contribution in [0.4, 0.5) is 5.69 Å². The molecule has 0 bridgehead atoms. The predicted octanol–water partition coefficient (Wildman–Crippen LogP) is 3.52. The summed E-state index contributed by atoms with van der Waals surface area (Å²) >= 11 is 0. The van der Waals surface area contributed by atoms with E-state index in [9.17, 15) is 4.79 Å². The number of benzene rings is 1. The van der Waals surface area contributed by atoms with Gasteiger partial charge in [0.1, 0.15) is 0 Å². The van der Waals surface area contributed by atoms with Crippen molar-refractivity contribution < 1.29 is 4.79 Å². The number of fused-ring (bicyclic) bond motifs is 1. The van der Waals surface area contributed by atoms with Crippen LogP contribution in [-0.2, 0) is 6.42 Å². The third-order valence-corrected chi connectivity index (χ3v) is 4.02. The highest BCUT2D eigenvalue weighted by atomic mass is 16.1. The van der Waals surface area contributed by atoms with Gasteiger partial charge in [-0.05, 0) is 49.1 Å². The number of carbonyl (C=O) groups is 1. The van der Waals surface area contributed by atoms with Crippen molar-refractivity contribution in [3.63, 3.8) is 0 Å². The van der Waals surface area contributed by atoms with Gasteiger partial charge in [-0.25, -0.2) is 0 Å². The summed E-state index contributed by atoms with van der Waals surface area (Å²) in [6.45, 7) is 6.36. The van der Waals surface area contributed by atoms with Crippen molar-refractivity contribution in [3.05, 3.63) is 47.3 Å². The van der Waals surface area contributed by atoms with E-state index in [2.05, 4.69) is 25.3 Å². The zero-order valence-electron chi connectivity index (χ0n) is 12.2. The van der Waals surface area contributed by atoms with Crippen LogP contribution >= 0.6 is 0 Å². The maximum Gasteiger partial charge on any atom is 0.165 e. The van der Waals surface area contributed by atoms with Crippen LogP contribution in [0.25, 0.3) is 5.69 Å². The first kappa shape index (κ1) is 13.0. The van der Waals surface area contributed by atoms with E-state index in [0.29, 0.717) is 6.42 Å². The van der Waals surface area contributed by atoms with Crippen LogP contribution < -0.4 is 5.73 Å². The molecule has 1 aliphatic carbocycles. The highest BCUT2D eigenvalue weighted by Gasteiger charge is 2.34. The molecule has 0 unspecified atom stereocenters. The number of aromatic nitrogens is 1. The van der Waals surface area contributed by atoms with Crippen LogP contribution in [0.3, 0.4) is 0 Å². The topological polar surface area (TPSA) is 48.0 Å². The molecule has 2 N–H and O–H groups in total. The van der Waals surface area contributed by atoms with Gasteiger partial charge in [-0.3, -0.25) is 4.79 Å². The van der Waals surface area contributed by atoms with Gasteiger partial charge in [-0.1, -0.05) is 13.8 Å². The quantitative estimate of drug-likeness (QED) is 0.804. The molecule has 20 heavy (non-hydrogen) atoms. The number of rotatable bonds is 1. The average Bonchev–Trinajstić information content (AvgIpc) is 2.66. The van der Waals surface area contributed by atoms with Gasteiger partial charge in [-0.15, -0.1) is 0 Å². The summed E-state index contributed by atoms with van der Waals surface area (Å²) in [7, 11) is 0. The molecule has 104 valence electrons. The lowest BCUT2D eigenvalue weighted by molar-refractivity contribution is 0.0911. The average molecular weight is 268 g/mol. The zero-order valence-corrected chi connectivity index (χ0v) is 12.2. The number of nitrogens with two attached hydrogens (primary N) is 1. The van der Waals surface area contributed by atoms with Gasteiger partial charge in [-0.2, -0.15) is 0 Å². The molecule has 1 aromatic heterocycles. The van der Waals surface area contributed by atoms with Crippen molar-refractivity contribution in [2.24, 2.45) is 5.41 Å². The lowest BCUT2D eigenvalue weighted by Gasteiger charge is -2.29. The molecule has 1 aromatic carbocycles. The Morgan fingerprint density at radius 3 is 2.45 bits per heavy atom. The van der Waals surface area contributed by atoms with E-state index in [4.69, 9.17) is 5.73 Å². The minimum absolute atomic E-state index is 0.0282. The van der Waals surface area contributed by atoms with Gasteiger partial charge in [0.25, 0.3) is 0 Å². The van der Waals surface area contributed by atoms with Crippen molar-refractivity contribution in [3.8, 4) is 5.69 Å². The van der Waals surface area contributed by atoms with Crippen LogP contribution in [0.5, 0.6) is 0 Å². The SMILES string of the molecule is Cc1cc2c(n1-c1ccc(N)cc1)CC(C)(C)CC2=O. The van der Waals surface area contributed by atoms with Crippen molar-refractivity contribution >= 4 is 11.5 Å². The maximum absolute atomic E-state index is 12.3. The summed E-state index contributed by atoms with van der Waals surface area (Å²) in [5, 5.41) is 0. The molecule has 0 aliphatic heterocycles. The fourth-order valence-electron chi connectivity index (χ4n) is 3.13. The molecule has 0 saturated heterocycles. The maximum atomic E-state index is 12.3. The first-order valence-corrected chi connectivity index (χ1v) is 6.98. The van der Waals surface area contributed by atoms with E-state index in [1.54, 1.807) is 0 Å². The van der Waals surface area contributed by atoms with Gasteiger partial charge < -0.3 is 10.3 Å². The molecule has 3 heteroatoms. The van der Waals surface area contributed by atoms with E-state index in [-0.39, 0.29) is 11.2 Å². The van der Waals surface area contributed by atoms with Crippen LogP contribution in [0.15, 0.2) is 30.3 Å². The Morgan fingerprint density at radius 2 is 1.80 bits per heavy atom. The van der Waals surface area contributed by atoms with Crippen LogP contribution in [-0.4, -0.2) is 10.4 Å². The highest BCUT2D eigenvalue weighted by Crippen LogP contribution is 2.37. The molecule has 0 fully saturated rings. The number of anilines is 1. The van der Waals surface area contributed by atoms with E-state index >= 15 is 0 Å². The van der Waals surface area contributed by atoms with E-state index in [0.717, 1.165) is 34.7 Å². The molecule has 3 nitrogen and oxygen atoms in total. The van der Waals surface area contributed by atoms with Crippen molar-refractivity contribution in [1.82, 2.24) is 4.57 Å². The normalized spacial score (nSPS) is 17.1. The van der Waals surface area contributed by atoms with Crippen LogP contribution in [0.1, 0.15) is 42.0 Å². The fraction of sp³-hybridized carbons (Fsp3) is 0.353. The third kappa shape index (κ3) is 2.03. The minimum Gasteiger partial charge on any atom is -0.399 e. The minimum atomic E-state index is 0.0282. The number of nitrogen functional groups attached to an aromatic ring is 1. The smallest absolute Gasteiger partial charge is 0.165 e. The lowest BCUT2D eigenvalue weighted by Crippen LogP contribution is -2.27. The van der Waals surface area contributed by atoms with Gasteiger partial charge in [0.15, 0.2) is 5.78 Å². The second kappa shape index (κ2) is 4.23. The molecular formula is C17H20N2O. The van der Waals surface area contributed by atoms with Gasteiger partial charge in [0.05, 0.1) is 0 Å². The van der Waals surface area contributed by atoms with Gasteiger partial charge in [0, 0.05) is 34.7 Å². The standard InChI is InChI=1S/C17H20N2O/c1-11-8-14-15(9-17(2,3)10-16(14)20)19(11)13-6-4-12(18)5-7-13/h4-8H,9-10,18H2,1-3H3. The first-order chi connectivity index (χ1) is 9.37. The highest BCUT2D eigenvalue weighted by molar-refractivity contribution is 5.99. The predicted molar refractivity (Wildman–Crippen MR) is 81.4 cm³/mol. The number of Topliss-reactive ketones (excluding diaryl/α,β-unsaturated/α-hetero) is 1. The molecule has 0 spiro atoms. The lowest BCUT2D eigenvalue weighted by atomic mass is 9.76. The van der Waals surface area contributed by atoms with Gasteiger partial charge in [0.2, 0.25) is 0 Å². The molecule has 1 aliphatic rings. The van der Waals surface area contributed by atoms with Crippen molar-refractivity contribution in [2.75, 3.05) is 5.73 Å². The Labute approximate surface area is 119 Å². The van der Waals surface area contributed by atoms with E-state index in [1.807, 2.05) is 30.3 Å². The number of aryl methyl sites for hydroxylation is 1. The largest absolute Gasteiger partial charge is 0.399 e. The second-order valence-electron chi connectivity index (χ2n) is 6.51. The summed E-state index contributed by atoms with van der Waals surface area (Å²) in [6.07, 6.45) is 1.55. The Hall–Kier alpha value is -2.03. The zero-order chi connectivity index (χ0) is 14.5. The Bertz CT molecular complexity index is 678. The monoisotopic (exact) mass is 268 g/mol. The van der Waals surface area contributed by atoms with Crippen molar-refractivity contribution in [2.45, 2.75) is 33.6 Å². The fourth-order valence-corrected chi connectivity index (χ4v) is 3.13. The number of nitrogens with zero attached hydrogens (tertiary/aromatic N) is 1. The van der Waals surface area contributed by atoms with E-state index < -0.39 is 0 Å². The molecule has 2 aromatic rings. The van der Waals surface area contributed by atoms with Crippen LogP contribution in [0, 0.1) is 12.3 Å². The first-order valence-electron chi connectivity index (χ1n) is 6.98. The summed E-state index contributed by atoms with van der Waals surface area (Å²) < 4.78 is 2.19. The molecule has 0 amide bonds. The van der Waals surface area contributed by atoms with Gasteiger partial charge >= 0.3 is 0 Å². The number of hydrogen-bond donors (Lipinski definition) is 1. The summed E-state index contributed by atoms with van der Waals surface area (Å²) in [5.74, 6) is 0.258. The molecule has 3 rings (SSSR count). The number of carbonyl (C=O) groups excluding carboxylic acids is 1. The molecular weight excluding hydrogens is 248 g/mol. The molecule has 0 saturated carbocycles.